The van der Waals surface area contributed by atoms with Crippen LogP contribution in [-0.4, -0.2) is 79.0 Å². The normalized spacial score (nSPS) is 19.4. The lowest BCUT2D eigenvalue weighted by atomic mass is 9.89. The van der Waals surface area contributed by atoms with Crippen molar-refractivity contribution in [2.45, 2.75) is 50.5 Å². The number of anilines is 1. The van der Waals surface area contributed by atoms with E-state index >= 15 is 0 Å². The molecule has 0 bridgehead atoms. The van der Waals surface area contributed by atoms with Crippen LogP contribution in [0.25, 0.3) is 10.9 Å². The Bertz CT molecular complexity index is 827. The first-order valence-electron chi connectivity index (χ1n) is 11.2. The van der Waals surface area contributed by atoms with E-state index in [0.717, 1.165) is 87.5 Å². The second-order valence-corrected chi connectivity index (χ2v) is 8.84. The quantitative estimate of drug-likeness (QED) is 0.667. The maximum atomic E-state index is 5.88. The minimum Gasteiger partial charge on any atom is -0.369 e. The molecule has 7 nitrogen and oxygen atoms in total. The summed E-state index contributed by atoms with van der Waals surface area (Å²) < 4.78 is 11.8. The van der Waals surface area contributed by atoms with Crippen molar-refractivity contribution in [3.63, 3.8) is 0 Å². The first-order chi connectivity index (χ1) is 14.5. The fourth-order valence-electron chi connectivity index (χ4n) is 4.55. The number of rotatable bonds is 8. The van der Waals surface area contributed by atoms with Gasteiger partial charge in [-0.3, -0.25) is 4.90 Å². The van der Waals surface area contributed by atoms with Crippen LogP contribution in [0.5, 0.6) is 0 Å². The average Bonchev–Trinajstić information content (AvgIpc) is 3.19. The summed E-state index contributed by atoms with van der Waals surface area (Å²) in [5.41, 5.74) is 1.00. The largest absolute Gasteiger partial charge is 0.369 e. The lowest BCUT2D eigenvalue weighted by Crippen LogP contribution is -2.42. The molecule has 0 unspecified atom stereocenters. The third-order valence-electron chi connectivity index (χ3n) is 6.27. The molecule has 4 rings (SSSR count). The topological polar surface area (TPSA) is 62.8 Å². The molecule has 1 aromatic heterocycles. The predicted octanol–water partition coefficient (Wildman–Crippen LogP) is 3.11. The SMILES string of the molecule is CN(C)CCCNc1nc(CN(C)C2CCC3(CC2)OCCO3)nc2ccccc12. The molecule has 30 heavy (non-hydrogen) atoms. The van der Waals surface area contributed by atoms with Crippen LogP contribution in [0.1, 0.15) is 37.9 Å². The Morgan fingerprint density at radius 2 is 1.80 bits per heavy atom. The minimum atomic E-state index is -0.305. The Hall–Kier alpha value is -1.80. The van der Waals surface area contributed by atoms with Gasteiger partial charge in [-0.25, -0.2) is 9.97 Å². The average molecular weight is 414 g/mol. The number of ether oxygens (including phenoxy) is 2. The van der Waals surface area contributed by atoms with Gasteiger partial charge in [0.25, 0.3) is 0 Å². The number of hydrogen-bond donors (Lipinski definition) is 1. The van der Waals surface area contributed by atoms with E-state index in [1.807, 2.05) is 12.1 Å². The third kappa shape index (κ3) is 5.09. The molecular weight excluding hydrogens is 378 g/mol. The van der Waals surface area contributed by atoms with Crippen LogP contribution in [0.15, 0.2) is 24.3 Å². The van der Waals surface area contributed by atoms with E-state index in [4.69, 9.17) is 19.4 Å². The van der Waals surface area contributed by atoms with Crippen molar-refractivity contribution in [1.82, 2.24) is 19.8 Å². The molecular formula is C23H35N5O2. The number of benzene rings is 1. The monoisotopic (exact) mass is 413 g/mol. The molecule has 2 heterocycles. The van der Waals surface area contributed by atoms with Crippen molar-refractivity contribution in [3.05, 3.63) is 30.1 Å². The number of nitrogens with zero attached hydrogens (tertiary/aromatic N) is 4. The second kappa shape index (κ2) is 9.56. The van der Waals surface area contributed by atoms with Gasteiger partial charge in [0.05, 0.1) is 25.3 Å². The maximum Gasteiger partial charge on any atom is 0.168 e. The molecule has 2 fully saturated rings. The molecule has 2 aromatic rings. The highest BCUT2D eigenvalue weighted by Gasteiger charge is 2.41. The Balaban J connectivity index is 1.41. The van der Waals surface area contributed by atoms with Gasteiger partial charge in [-0.15, -0.1) is 0 Å². The van der Waals surface area contributed by atoms with Gasteiger partial charge in [0.2, 0.25) is 0 Å². The number of fused-ring (bicyclic) bond motifs is 1. The van der Waals surface area contributed by atoms with E-state index in [9.17, 15) is 0 Å². The molecule has 1 N–H and O–H groups in total. The van der Waals surface area contributed by atoms with Crippen LogP contribution in [0, 0.1) is 0 Å². The summed E-state index contributed by atoms with van der Waals surface area (Å²) >= 11 is 0. The highest BCUT2D eigenvalue weighted by molar-refractivity contribution is 5.88. The lowest BCUT2D eigenvalue weighted by Gasteiger charge is -2.38. The number of nitrogens with one attached hydrogen (secondary N) is 1. The molecule has 2 aliphatic rings. The van der Waals surface area contributed by atoms with Crippen molar-refractivity contribution < 1.29 is 9.47 Å². The zero-order chi connectivity index (χ0) is 21.0. The first kappa shape index (κ1) is 21.4. The summed E-state index contributed by atoms with van der Waals surface area (Å²) in [7, 11) is 6.39. The second-order valence-electron chi connectivity index (χ2n) is 8.84. The molecule has 164 valence electrons. The fraction of sp³-hybridized carbons (Fsp3) is 0.652. The number of hydrogen-bond acceptors (Lipinski definition) is 7. The minimum absolute atomic E-state index is 0.305. The zero-order valence-electron chi connectivity index (χ0n) is 18.6. The van der Waals surface area contributed by atoms with Crippen molar-refractivity contribution in [2.75, 3.05) is 52.8 Å². The summed E-state index contributed by atoms with van der Waals surface area (Å²) in [5, 5.41) is 4.63. The smallest absolute Gasteiger partial charge is 0.168 e. The zero-order valence-corrected chi connectivity index (χ0v) is 18.6. The molecule has 7 heteroatoms. The van der Waals surface area contributed by atoms with Crippen molar-refractivity contribution >= 4 is 16.7 Å². The van der Waals surface area contributed by atoms with Crippen LogP contribution in [0.3, 0.4) is 0 Å². The van der Waals surface area contributed by atoms with Crippen LogP contribution < -0.4 is 5.32 Å². The van der Waals surface area contributed by atoms with Gasteiger partial charge >= 0.3 is 0 Å². The van der Waals surface area contributed by atoms with Gasteiger partial charge in [0.1, 0.15) is 11.6 Å². The highest BCUT2D eigenvalue weighted by atomic mass is 16.7. The lowest BCUT2D eigenvalue weighted by molar-refractivity contribution is -0.183. The summed E-state index contributed by atoms with van der Waals surface area (Å²) in [6, 6.07) is 8.77. The molecule has 1 saturated heterocycles. The van der Waals surface area contributed by atoms with E-state index in [2.05, 4.69) is 48.4 Å². The standard InChI is InChI=1S/C23H35N5O2/c1-27(2)14-6-13-24-22-19-7-4-5-8-20(19)25-21(26-22)17-28(3)18-9-11-23(12-10-18)29-15-16-30-23/h4-5,7-8,18H,6,9-17H2,1-3H3,(H,24,25,26). The molecule has 0 atom stereocenters. The van der Waals surface area contributed by atoms with Crippen molar-refractivity contribution in [1.29, 1.82) is 0 Å². The van der Waals surface area contributed by atoms with Gasteiger partial charge in [-0.1, -0.05) is 12.1 Å². The van der Waals surface area contributed by atoms with E-state index in [1.165, 1.54) is 0 Å². The van der Waals surface area contributed by atoms with Crippen molar-refractivity contribution in [3.8, 4) is 0 Å². The molecule has 1 saturated carbocycles. The highest BCUT2D eigenvalue weighted by Crippen LogP contribution is 2.37. The van der Waals surface area contributed by atoms with E-state index in [0.29, 0.717) is 6.04 Å². The fourth-order valence-corrected chi connectivity index (χ4v) is 4.55. The Morgan fingerprint density at radius 3 is 2.53 bits per heavy atom. The summed E-state index contributed by atoms with van der Waals surface area (Å²) in [5.74, 6) is 1.51. The van der Waals surface area contributed by atoms with E-state index in [1.54, 1.807) is 0 Å². The van der Waals surface area contributed by atoms with Gasteiger partial charge in [0, 0.05) is 30.8 Å². The maximum absolute atomic E-state index is 5.88. The molecule has 1 aliphatic heterocycles. The predicted molar refractivity (Wildman–Crippen MR) is 120 cm³/mol. The Labute approximate surface area is 179 Å². The summed E-state index contributed by atoms with van der Waals surface area (Å²) in [6.45, 7) is 4.17. The van der Waals surface area contributed by atoms with Gasteiger partial charge in [-0.05, 0) is 59.1 Å². The first-order valence-corrected chi connectivity index (χ1v) is 11.2. The molecule has 0 amide bonds. The number of aromatic nitrogens is 2. The molecule has 0 radical (unpaired) electrons. The summed E-state index contributed by atoms with van der Waals surface area (Å²) in [4.78, 5) is 14.3. The molecule has 1 spiro atoms. The molecule has 1 aliphatic carbocycles. The van der Waals surface area contributed by atoms with E-state index in [-0.39, 0.29) is 5.79 Å². The van der Waals surface area contributed by atoms with E-state index < -0.39 is 0 Å². The van der Waals surface area contributed by atoms with Crippen LogP contribution >= 0.6 is 0 Å². The molecule has 1 aromatic carbocycles. The van der Waals surface area contributed by atoms with Crippen LogP contribution in [-0.2, 0) is 16.0 Å². The van der Waals surface area contributed by atoms with Gasteiger partial charge in [0.15, 0.2) is 5.79 Å². The number of para-hydroxylation sites is 1. The third-order valence-corrected chi connectivity index (χ3v) is 6.27. The Morgan fingerprint density at radius 1 is 1.07 bits per heavy atom. The van der Waals surface area contributed by atoms with Gasteiger partial charge in [-0.2, -0.15) is 0 Å². The Kier molecular flexibility index (Phi) is 6.83. The van der Waals surface area contributed by atoms with Crippen LogP contribution in [0.2, 0.25) is 0 Å². The van der Waals surface area contributed by atoms with Gasteiger partial charge < -0.3 is 19.7 Å². The summed E-state index contributed by atoms with van der Waals surface area (Å²) in [6.07, 6.45) is 5.19. The van der Waals surface area contributed by atoms with Crippen LogP contribution in [0.4, 0.5) is 5.82 Å². The van der Waals surface area contributed by atoms with Crippen molar-refractivity contribution in [2.24, 2.45) is 0 Å².